The molecule has 0 aliphatic rings. The van der Waals surface area contributed by atoms with Crippen LogP contribution in [0.4, 0.5) is 5.69 Å². The average Bonchev–Trinajstić information content (AvgIpc) is 2.20. The van der Waals surface area contributed by atoms with E-state index in [1.807, 2.05) is 24.3 Å². The van der Waals surface area contributed by atoms with Gasteiger partial charge in [0.2, 0.25) is 0 Å². The summed E-state index contributed by atoms with van der Waals surface area (Å²) in [5.41, 5.74) is 8.26. The van der Waals surface area contributed by atoms with E-state index in [0.29, 0.717) is 5.69 Å². The molecule has 2 heterocycles. The highest BCUT2D eigenvalue weighted by molar-refractivity contribution is 5.85. The van der Waals surface area contributed by atoms with Gasteiger partial charge in [-0.1, -0.05) is 0 Å². The monoisotopic (exact) mass is 243 g/mol. The maximum absolute atomic E-state index is 5.77. The Morgan fingerprint density at radius 1 is 0.933 bits per heavy atom. The van der Waals surface area contributed by atoms with E-state index >= 15 is 0 Å². The van der Waals surface area contributed by atoms with Crippen LogP contribution in [0, 0.1) is 0 Å². The first-order valence-electron chi connectivity index (χ1n) is 3.99. The molecule has 0 atom stereocenters. The first kappa shape index (κ1) is 13.7. The summed E-state index contributed by atoms with van der Waals surface area (Å²) in [4.78, 5) is 8.13. The average molecular weight is 244 g/mol. The lowest BCUT2D eigenvalue weighted by Gasteiger charge is -2.02. The van der Waals surface area contributed by atoms with Crippen molar-refractivity contribution in [3.63, 3.8) is 0 Å². The summed E-state index contributed by atoms with van der Waals surface area (Å²) in [6.07, 6.45) is 5.18. The minimum atomic E-state index is 0. The molecule has 0 unspecified atom stereocenters. The maximum atomic E-state index is 5.77. The predicted molar refractivity (Wildman–Crippen MR) is 66.4 cm³/mol. The van der Waals surface area contributed by atoms with Crippen LogP contribution in [0.3, 0.4) is 0 Å². The van der Waals surface area contributed by atoms with Gasteiger partial charge in [0.05, 0.1) is 11.4 Å². The van der Waals surface area contributed by atoms with Crippen LogP contribution in [0.2, 0.25) is 0 Å². The molecule has 0 saturated carbocycles. The summed E-state index contributed by atoms with van der Waals surface area (Å²) >= 11 is 0. The normalized spacial score (nSPS) is 8.53. The second kappa shape index (κ2) is 6.22. The molecule has 2 aromatic heterocycles. The van der Waals surface area contributed by atoms with Crippen LogP contribution in [0.15, 0.2) is 42.9 Å². The molecule has 0 radical (unpaired) electrons. The number of halogens is 2. The van der Waals surface area contributed by atoms with Crippen molar-refractivity contribution in [2.24, 2.45) is 0 Å². The molecule has 2 rings (SSSR count). The van der Waals surface area contributed by atoms with E-state index in [2.05, 4.69) is 9.97 Å². The van der Waals surface area contributed by atoms with Crippen molar-refractivity contribution in [2.75, 3.05) is 5.73 Å². The van der Waals surface area contributed by atoms with Gasteiger partial charge in [-0.05, 0) is 24.3 Å². The molecule has 0 amide bonds. The first-order chi connectivity index (χ1) is 6.38. The molecule has 80 valence electrons. The molecule has 0 saturated heterocycles. The number of hydrogen-bond donors (Lipinski definition) is 1. The van der Waals surface area contributed by atoms with Crippen LogP contribution in [-0.2, 0) is 0 Å². The zero-order chi connectivity index (χ0) is 9.10. The number of rotatable bonds is 1. The molecule has 0 aromatic carbocycles. The van der Waals surface area contributed by atoms with E-state index in [1.54, 1.807) is 18.6 Å². The smallest absolute Gasteiger partial charge is 0.0932 e. The second-order valence-corrected chi connectivity index (χ2v) is 2.68. The highest BCUT2D eigenvalue weighted by Gasteiger charge is 2.00. The van der Waals surface area contributed by atoms with Crippen LogP contribution < -0.4 is 5.73 Å². The zero-order valence-corrected chi connectivity index (χ0v) is 9.46. The molecule has 2 N–H and O–H groups in total. The molecule has 15 heavy (non-hydrogen) atoms. The van der Waals surface area contributed by atoms with E-state index in [1.165, 1.54) is 0 Å². The molecule has 2 aromatic rings. The maximum Gasteiger partial charge on any atom is 0.0932 e. The van der Waals surface area contributed by atoms with Crippen molar-refractivity contribution in [1.29, 1.82) is 0 Å². The Kier molecular flexibility index (Phi) is 5.67. The van der Waals surface area contributed by atoms with Crippen molar-refractivity contribution < 1.29 is 0 Å². The number of aromatic nitrogens is 2. The Hall–Kier alpha value is -1.32. The lowest BCUT2D eigenvalue weighted by Crippen LogP contribution is -1.92. The van der Waals surface area contributed by atoms with E-state index in [0.717, 1.165) is 11.3 Å². The zero-order valence-electron chi connectivity index (χ0n) is 7.83. The Balaban J connectivity index is 0.000000980. The van der Waals surface area contributed by atoms with Gasteiger partial charge in [-0.2, -0.15) is 0 Å². The molecular weight excluding hydrogens is 233 g/mol. The summed E-state index contributed by atoms with van der Waals surface area (Å²) in [5.74, 6) is 0. The van der Waals surface area contributed by atoms with Crippen LogP contribution in [0.25, 0.3) is 11.3 Å². The minimum Gasteiger partial charge on any atom is -0.397 e. The fraction of sp³-hybridized carbons (Fsp3) is 0. The number of hydrogen-bond acceptors (Lipinski definition) is 3. The molecule has 0 aliphatic heterocycles. The Morgan fingerprint density at radius 3 is 2.20 bits per heavy atom. The van der Waals surface area contributed by atoms with Crippen molar-refractivity contribution in [2.45, 2.75) is 0 Å². The fourth-order valence-electron chi connectivity index (χ4n) is 1.17. The third kappa shape index (κ3) is 3.08. The second-order valence-electron chi connectivity index (χ2n) is 2.68. The molecule has 5 heteroatoms. The van der Waals surface area contributed by atoms with Gasteiger partial charge in [0, 0.05) is 24.2 Å². The van der Waals surface area contributed by atoms with Gasteiger partial charge < -0.3 is 5.73 Å². The van der Waals surface area contributed by atoms with Crippen molar-refractivity contribution in [1.82, 2.24) is 9.97 Å². The first-order valence-corrected chi connectivity index (χ1v) is 3.99. The molecule has 0 fully saturated rings. The Bertz CT molecular complexity index is 406. The summed E-state index contributed by atoms with van der Waals surface area (Å²) in [5, 5.41) is 0. The summed E-state index contributed by atoms with van der Waals surface area (Å²) in [6.45, 7) is 0. The lowest BCUT2D eigenvalue weighted by molar-refractivity contribution is 1.29. The quantitative estimate of drug-likeness (QED) is 0.838. The highest BCUT2D eigenvalue weighted by atomic mass is 35.5. The van der Waals surface area contributed by atoms with Gasteiger partial charge in [-0.15, -0.1) is 24.8 Å². The van der Waals surface area contributed by atoms with Crippen molar-refractivity contribution in [3.05, 3.63) is 42.9 Å². The van der Waals surface area contributed by atoms with Gasteiger partial charge in [0.25, 0.3) is 0 Å². The Labute approximate surface area is 101 Å². The number of anilines is 1. The Morgan fingerprint density at radius 2 is 1.60 bits per heavy atom. The number of nitrogens with two attached hydrogens (primary N) is 1. The summed E-state index contributed by atoms with van der Waals surface area (Å²) < 4.78 is 0. The number of nitrogen functional groups attached to an aromatic ring is 1. The number of pyridine rings is 2. The minimum absolute atomic E-state index is 0. The van der Waals surface area contributed by atoms with E-state index in [9.17, 15) is 0 Å². The van der Waals surface area contributed by atoms with Crippen molar-refractivity contribution in [3.8, 4) is 11.3 Å². The number of nitrogens with zero attached hydrogens (tertiary/aromatic N) is 2. The summed E-state index contributed by atoms with van der Waals surface area (Å²) in [7, 11) is 0. The predicted octanol–water partition coefficient (Wildman–Crippen LogP) is 2.57. The van der Waals surface area contributed by atoms with Crippen LogP contribution in [0.1, 0.15) is 0 Å². The van der Waals surface area contributed by atoms with Crippen LogP contribution in [-0.4, -0.2) is 9.97 Å². The van der Waals surface area contributed by atoms with Crippen molar-refractivity contribution >= 4 is 30.5 Å². The molecule has 0 spiro atoms. The fourth-order valence-corrected chi connectivity index (χ4v) is 1.17. The van der Waals surface area contributed by atoms with Crippen LogP contribution in [0.5, 0.6) is 0 Å². The van der Waals surface area contributed by atoms with E-state index in [-0.39, 0.29) is 24.8 Å². The molecule has 0 bridgehead atoms. The SMILES string of the molecule is Cl.Cl.Nc1cccnc1-c1ccncc1. The lowest BCUT2D eigenvalue weighted by atomic mass is 10.1. The van der Waals surface area contributed by atoms with Crippen LogP contribution >= 0.6 is 24.8 Å². The van der Waals surface area contributed by atoms with Gasteiger partial charge in [-0.3, -0.25) is 9.97 Å². The standard InChI is InChI=1S/C10H9N3.2ClH/c11-9-2-1-5-13-10(9)8-3-6-12-7-4-8;;/h1-7H,11H2;2*1H. The highest BCUT2D eigenvalue weighted by Crippen LogP contribution is 2.21. The third-order valence-electron chi connectivity index (χ3n) is 1.79. The largest absolute Gasteiger partial charge is 0.397 e. The summed E-state index contributed by atoms with van der Waals surface area (Å²) in [6, 6.07) is 7.43. The molecule has 0 aliphatic carbocycles. The molecule has 3 nitrogen and oxygen atoms in total. The third-order valence-corrected chi connectivity index (χ3v) is 1.79. The molecular formula is C10H11Cl2N3. The van der Waals surface area contributed by atoms with E-state index in [4.69, 9.17) is 5.73 Å². The van der Waals surface area contributed by atoms with Gasteiger partial charge in [0.1, 0.15) is 0 Å². The van der Waals surface area contributed by atoms with Gasteiger partial charge in [-0.25, -0.2) is 0 Å². The topological polar surface area (TPSA) is 51.8 Å². The van der Waals surface area contributed by atoms with Gasteiger partial charge >= 0.3 is 0 Å². The van der Waals surface area contributed by atoms with E-state index < -0.39 is 0 Å². The van der Waals surface area contributed by atoms with Gasteiger partial charge in [0.15, 0.2) is 0 Å².